The van der Waals surface area contributed by atoms with Crippen molar-refractivity contribution in [2.45, 2.75) is 43.7 Å². The second-order valence-corrected chi connectivity index (χ2v) is 8.48. The third-order valence-corrected chi connectivity index (χ3v) is 6.82. The van der Waals surface area contributed by atoms with Gasteiger partial charge in [-0.3, -0.25) is 9.59 Å². The zero-order valence-electron chi connectivity index (χ0n) is 14.4. The molecular formula is C17H23N3O4S. The molecule has 25 heavy (non-hydrogen) atoms. The first-order valence-electron chi connectivity index (χ1n) is 8.49. The van der Waals surface area contributed by atoms with Crippen LogP contribution in [-0.2, 0) is 19.6 Å². The van der Waals surface area contributed by atoms with Gasteiger partial charge in [-0.25, -0.2) is 8.42 Å². The van der Waals surface area contributed by atoms with Gasteiger partial charge in [0, 0.05) is 19.6 Å². The van der Waals surface area contributed by atoms with E-state index in [4.69, 9.17) is 0 Å². The molecule has 2 aliphatic rings. The quantitative estimate of drug-likeness (QED) is 0.845. The van der Waals surface area contributed by atoms with Gasteiger partial charge in [-0.1, -0.05) is 17.7 Å². The Labute approximate surface area is 148 Å². The van der Waals surface area contributed by atoms with Crippen molar-refractivity contribution >= 4 is 21.8 Å². The van der Waals surface area contributed by atoms with Crippen molar-refractivity contribution in [3.05, 3.63) is 29.8 Å². The van der Waals surface area contributed by atoms with E-state index >= 15 is 0 Å². The second-order valence-electron chi connectivity index (χ2n) is 6.59. The van der Waals surface area contributed by atoms with Crippen molar-refractivity contribution in [3.8, 4) is 0 Å². The highest BCUT2D eigenvalue weighted by Gasteiger charge is 2.43. The molecule has 2 aliphatic heterocycles. The summed E-state index contributed by atoms with van der Waals surface area (Å²) >= 11 is 0. The van der Waals surface area contributed by atoms with Crippen molar-refractivity contribution in [2.24, 2.45) is 0 Å². The first kappa shape index (κ1) is 17.9. The van der Waals surface area contributed by atoms with E-state index in [9.17, 15) is 18.0 Å². The van der Waals surface area contributed by atoms with E-state index in [1.54, 1.807) is 31.2 Å². The molecule has 0 spiro atoms. The first-order valence-corrected chi connectivity index (χ1v) is 9.93. The number of rotatable bonds is 3. The van der Waals surface area contributed by atoms with E-state index in [0.717, 1.165) is 5.56 Å². The third-order valence-electron chi connectivity index (χ3n) is 4.90. The van der Waals surface area contributed by atoms with Gasteiger partial charge in [-0.05, 0) is 38.8 Å². The molecule has 2 saturated heterocycles. The topological polar surface area (TPSA) is 86.8 Å². The lowest BCUT2D eigenvalue weighted by Crippen LogP contribution is -2.59. The summed E-state index contributed by atoms with van der Waals surface area (Å²) < 4.78 is 27.2. The summed E-state index contributed by atoms with van der Waals surface area (Å²) in [5.41, 5.74) is 0.973. The molecule has 1 aromatic carbocycles. The molecule has 0 aromatic heterocycles. The Morgan fingerprint density at radius 3 is 2.56 bits per heavy atom. The van der Waals surface area contributed by atoms with E-state index in [1.165, 1.54) is 9.21 Å². The van der Waals surface area contributed by atoms with Crippen molar-refractivity contribution in [1.29, 1.82) is 0 Å². The highest BCUT2D eigenvalue weighted by Crippen LogP contribution is 2.28. The van der Waals surface area contributed by atoms with Crippen LogP contribution in [-0.4, -0.2) is 61.2 Å². The molecule has 2 unspecified atom stereocenters. The minimum atomic E-state index is -3.73. The van der Waals surface area contributed by atoms with Crippen LogP contribution in [0.3, 0.4) is 0 Å². The Morgan fingerprint density at radius 2 is 1.88 bits per heavy atom. The van der Waals surface area contributed by atoms with Crippen molar-refractivity contribution < 1.29 is 18.0 Å². The molecule has 2 amide bonds. The number of amides is 2. The molecule has 1 aromatic rings. The second kappa shape index (κ2) is 6.76. The van der Waals surface area contributed by atoms with E-state index in [0.29, 0.717) is 32.5 Å². The molecule has 136 valence electrons. The standard InChI is InChI=1S/C17H23N3O4S/c1-12-5-7-14(8-6-12)25(23,24)20-10-3-4-15(20)17(22)19-11-9-18-16(21)13(19)2/h5-8,13,15H,3-4,9-11H2,1-2H3,(H,18,21). The molecule has 2 heterocycles. The molecule has 2 fully saturated rings. The Kier molecular flexibility index (Phi) is 4.83. The minimum absolute atomic E-state index is 0.197. The lowest BCUT2D eigenvalue weighted by atomic mass is 10.1. The number of hydrogen-bond acceptors (Lipinski definition) is 4. The van der Waals surface area contributed by atoms with Crippen LogP contribution < -0.4 is 5.32 Å². The van der Waals surface area contributed by atoms with Gasteiger partial charge < -0.3 is 10.2 Å². The fourth-order valence-electron chi connectivity index (χ4n) is 3.40. The number of carbonyl (C=O) groups is 2. The van der Waals surface area contributed by atoms with Gasteiger partial charge in [-0.2, -0.15) is 4.31 Å². The van der Waals surface area contributed by atoms with Crippen LogP contribution in [0.15, 0.2) is 29.2 Å². The molecule has 8 heteroatoms. The third kappa shape index (κ3) is 3.28. The molecular weight excluding hydrogens is 342 g/mol. The predicted octanol–water partition coefficient (Wildman–Crippen LogP) is 0.495. The van der Waals surface area contributed by atoms with Crippen LogP contribution >= 0.6 is 0 Å². The minimum Gasteiger partial charge on any atom is -0.353 e. The number of carbonyl (C=O) groups excluding carboxylic acids is 2. The maximum atomic E-state index is 13.0. The smallest absolute Gasteiger partial charge is 0.243 e. The van der Waals surface area contributed by atoms with Crippen molar-refractivity contribution in [3.63, 3.8) is 0 Å². The van der Waals surface area contributed by atoms with E-state index < -0.39 is 22.1 Å². The Bertz CT molecular complexity index is 776. The van der Waals surface area contributed by atoms with Gasteiger partial charge >= 0.3 is 0 Å². The number of benzene rings is 1. The van der Waals surface area contributed by atoms with Gasteiger partial charge in [0.05, 0.1) is 4.90 Å². The zero-order valence-corrected chi connectivity index (χ0v) is 15.3. The summed E-state index contributed by atoms with van der Waals surface area (Å²) in [7, 11) is -3.73. The van der Waals surface area contributed by atoms with Crippen molar-refractivity contribution in [2.75, 3.05) is 19.6 Å². The fourth-order valence-corrected chi connectivity index (χ4v) is 5.05. The summed E-state index contributed by atoms with van der Waals surface area (Å²) in [5.74, 6) is -0.485. The summed E-state index contributed by atoms with van der Waals surface area (Å²) in [6, 6.07) is 5.32. The molecule has 0 bridgehead atoms. The largest absolute Gasteiger partial charge is 0.353 e. The highest BCUT2D eigenvalue weighted by atomic mass is 32.2. The monoisotopic (exact) mass is 365 g/mol. The Balaban J connectivity index is 1.86. The maximum absolute atomic E-state index is 13.0. The maximum Gasteiger partial charge on any atom is 0.243 e. The normalized spacial score (nSPS) is 25.0. The van der Waals surface area contributed by atoms with Gasteiger partial charge in [0.15, 0.2) is 0 Å². The molecule has 0 aliphatic carbocycles. The van der Waals surface area contributed by atoms with Crippen LogP contribution in [0.2, 0.25) is 0 Å². The number of nitrogens with zero attached hydrogens (tertiary/aromatic N) is 2. The Hall–Kier alpha value is -1.93. The number of aryl methyl sites for hydroxylation is 1. The summed E-state index contributed by atoms with van der Waals surface area (Å²) in [6.45, 7) is 4.68. The molecule has 0 saturated carbocycles. The number of hydrogen-bond donors (Lipinski definition) is 1. The fraction of sp³-hybridized carbons (Fsp3) is 0.529. The van der Waals surface area contributed by atoms with Crippen LogP contribution in [0, 0.1) is 6.92 Å². The van der Waals surface area contributed by atoms with Gasteiger partial charge in [0.25, 0.3) is 0 Å². The van der Waals surface area contributed by atoms with Gasteiger partial charge in [0.1, 0.15) is 12.1 Å². The summed E-state index contributed by atoms with van der Waals surface area (Å²) in [5, 5.41) is 2.72. The summed E-state index contributed by atoms with van der Waals surface area (Å²) in [4.78, 5) is 26.4. The van der Waals surface area contributed by atoms with Crippen LogP contribution in [0.4, 0.5) is 0 Å². The molecule has 7 nitrogen and oxygen atoms in total. The van der Waals surface area contributed by atoms with Gasteiger partial charge in [-0.15, -0.1) is 0 Å². The average Bonchev–Trinajstić information content (AvgIpc) is 3.08. The molecule has 2 atom stereocenters. The van der Waals surface area contributed by atoms with Crippen LogP contribution in [0.5, 0.6) is 0 Å². The zero-order chi connectivity index (χ0) is 18.2. The molecule has 3 rings (SSSR count). The summed E-state index contributed by atoms with van der Waals surface area (Å²) in [6.07, 6.45) is 1.12. The highest BCUT2D eigenvalue weighted by molar-refractivity contribution is 7.89. The van der Waals surface area contributed by atoms with Crippen LogP contribution in [0.1, 0.15) is 25.3 Å². The van der Waals surface area contributed by atoms with E-state index in [2.05, 4.69) is 5.32 Å². The number of nitrogens with one attached hydrogen (secondary N) is 1. The number of piperazine rings is 1. The molecule has 1 N–H and O–H groups in total. The average molecular weight is 365 g/mol. The Morgan fingerprint density at radius 1 is 1.20 bits per heavy atom. The number of sulfonamides is 1. The molecule has 0 radical (unpaired) electrons. The lowest BCUT2D eigenvalue weighted by Gasteiger charge is -2.36. The SMILES string of the molecule is Cc1ccc(S(=O)(=O)N2CCCC2C(=O)N2CCNC(=O)C2C)cc1. The van der Waals surface area contributed by atoms with Crippen molar-refractivity contribution in [1.82, 2.24) is 14.5 Å². The predicted molar refractivity (Wildman–Crippen MR) is 92.3 cm³/mol. The van der Waals surface area contributed by atoms with Crippen LogP contribution in [0.25, 0.3) is 0 Å². The van der Waals surface area contributed by atoms with Gasteiger partial charge in [0.2, 0.25) is 21.8 Å². The lowest BCUT2D eigenvalue weighted by molar-refractivity contribution is -0.144. The first-order chi connectivity index (χ1) is 11.8. The van der Waals surface area contributed by atoms with E-state index in [-0.39, 0.29) is 16.7 Å². The van der Waals surface area contributed by atoms with E-state index in [1.807, 2.05) is 6.92 Å².